The third-order valence-electron chi connectivity index (χ3n) is 3.17. The summed E-state index contributed by atoms with van der Waals surface area (Å²) in [5.74, 6) is 0.893. The molecule has 0 saturated heterocycles. The van der Waals surface area contributed by atoms with Crippen molar-refractivity contribution in [2.75, 3.05) is 6.54 Å². The smallest absolute Gasteiger partial charge is 0.134 e. The van der Waals surface area contributed by atoms with Crippen molar-refractivity contribution >= 4 is 11.6 Å². The maximum atomic E-state index is 14.0. The van der Waals surface area contributed by atoms with E-state index in [4.69, 9.17) is 16.3 Å². The zero-order chi connectivity index (χ0) is 15.2. The molecular weight excluding hydrogens is 289 g/mol. The van der Waals surface area contributed by atoms with Gasteiger partial charge in [0.25, 0.3) is 0 Å². The normalized spacial score (nSPS) is 10.7. The van der Waals surface area contributed by atoms with E-state index in [-0.39, 0.29) is 5.82 Å². The molecule has 0 aliphatic rings. The lowest BCUT2D eigenvalue weighted by Gasteiger charge is -2.14. The number of nitrogens with one attached hydrogen (secondary N) is 1. The van der Waals surface area contributed by atoms with E-state index in [1.54, 1.807) is 24.3 Å². The molecule has 0 bridgehead atoms. The summed E-state index contributed by atoms with van der Waals surface area (Å²) >= 11 is 5.99. The van der Waals surface area contributed by atoms with Gasteiger partial charge in [0.1, 0.15) is 17.3 Å². The van der Waals surface area contributed by atoms with Crippen LogP contribution in [0.3, 0.4) is 0 Å². The van der Waals surface area contributed by atoms with Gasteiger partial charge in [0.2, 0.25) is 0 Å². The molecule has 0 amide bonds. The Labute approximate surface area is 129 Å². The van der Waals surface area contributed by atoms with Crippen LogP contribution in [0.5, 0.6) is 11.5 Å². The predicted molar refractivity (Wildman–Crippen MR) is 84.7 cm³/mol. The molecule has 1 N–H and O–H groups in total. The summed E-state index contributed by atoms with van der Waals surface area (Å²) in [6.45, 7) is 5.28. The SMILES string of the molecule is CCCNCc1c(F)cccc1Oc1cc(Cl)ccc1C. The molecule has 0 aromatic heterocycles. The highest BCUT2D eigenvalue weighted by atomic mass is 35.5. The topological polar surface area (TPSA) is 21.3 Å². The lowest BCUT2D eigenvalue weighted by molar-refractivity contribution is 0.459. The number of benzene rings is 2. The largest absolute Gasteiger partial charge is 0.457 e. The van der Waals surface area contributed by atoms with Crippen molar-refractivity contribution in [1.29, 1.82) is 0 Å². The van der Waals surface area contributed by atoms with E-state index in [0.29, 0.717) is 28.6 Å². The van der Waals surface area contributed by atoms with E-state index in [2.05, 4.69) is 12.2 Å². The molecule has 0 aliphatic heterocycles. The quantitative estimate of drug-likeness (QED) is 0.751. The number of hydrogen-bond acceptors (Lipinski definition) is 2. The van der Waals surface area contributed by atoms with E-state index in [1.807, 2.05) is 13.0 Å². The van der Waals surface area contributed by atoms with E-state index < -0.39 is 0 Å². The van der Waals surface area contributed by atoms with Crippen LogP contribution in [0.2, 0.25) is 5.02 Å². The van der Waals surface area contributed by atoms with Crippen molar-refractivity contribution in [3.63, 3.8) is 0 Å². The maximum absolute atomic E-state index is 14.0. The van der Waals surface area contributed by atoms with Gasteiger partial charge in [-0.3, -0.25) is 0 Å². The summed E-state index contributed by atoms with van der Waals surface area (Å²) in [6.07, 6.45) is 0.998. The number of rotatable bonds is 6. The molecule has 0 spiro atoms. The van der Waals surface area contributed by atoms with Crippen molar-refractivity contribution in [3.05, 3.63) is 58.4 Å². The second-order valence-corrected chi connectivity index (χ2v) is 5.34. The third-order valence-corrected chi connectivity index (χ3v) is 3.41. The molecule has 21 heavy (non-hydrogen) atoms. The van der Waals surface area contributed by atoms with Crippen LogP contribution in [0.1, 0.15) is 24.5 Å². The van der Waals surface area contributed by atoms with Gasteiger partial charge >= 0.3 is 0 Å². The van der Waals surface area contributed by atoms with Crippen molar-refractivity contribution in [1.82, 2.24) is 5.32 Å². The van der Waals surface area contributed by atoms with Gasteiger partial charge in [-0.25, -0.2) is 4.39 Å². The van der Waals surface area contributed by atoms with Crippen LogP contribution in [0.4, 0.5) is 4.39 Å². The summed E-state index contributed by atoms with van der Waals surface area (Å²) in [5.41, 5.74) is 1.49. The molecule has 0 heterocycles. The molecule has 0 atom stereocenters. The highest BCUT2D eigenvalue weighted by molar-refractivity contribution is 6.30. The second kappa shape index (κ2) is 7.43. The van der Waals surface area contributed by atoms with E-state index in [1.165, 1.54) is 6.07 Å². The molecule has 2 aromatic rings. The van der Waals surface area contributed by atoms with Crippen molar-refractivity contribution in [2.45, 2.75) is 26.8 Å². The van der Waals surface area contributed by atoms with Gasteiger partial charge < -0.3 is 10.1 Å². The molecular formula is C17H19ClFNO. The first kappa shape index (κ1) is 15.8. The van der Waals surface area contributed by atoms with Gasteiger partial charge in [0, 0.05) is 17.1 Å². The van der Waals surface area contributed by atoms with Gasteiger partial charge in [-0.05, 0) is 49.7 Å². The number of hydrogen-bond donors (Lipinski definition) is 1. The van der Waals surface area contributed by atoms with Crippen molar-refractivity contribution < 1.29 is 9.13 Å². The summed E-state index contributed by atoms with van der Waals surface area (Å²) in [6, 6.07) is 10.3. The van der Waals surface area contributed by atoms with Crippen LogP contribution in [0.15, 0.2) is 36.4 Å². The minimum absolute atomic E-state index is 0.268. The zero-order valence-corrected chi connectivity index (χ0v) is 13.0. The fourth-order valence-electron chi connectivity index (χ4n) is 2.00. The van der Waals surface area contributed by atoms with E-state index >= 15 is 0 Å². The number of ether oxygens (including phenoxy) is 1. The average Bonchev–Trinajstić information content (AvgIpc) is 2.46. The van der Waals surface area contributed by atoms with Crippen LogP contribution < -0.4 is 10.1 Å². The lowest BCUT2D eigenvalue weighted by atomic mass is 10.1. The van der Waals surface area contributed by atoms with Gasteiger partial charge in [-0.1, -0.05) is 30.7 Å². The summed E-state index contributed by atoms with van der Waals surface area (Å²) in [7, 11) is 0. The Kier molecular flexibility index (Phi) is 5.59. The Morgan fingerprint density at radius 3 is 2.76 bits per heavy atom. The monoisotopic (exact) mass is 307 g/mol. The molecule has 2 rings (SSSR count). The molecule has 0 radical (unpaired) electrons. The van der Waals surface area contributed by atoms with Gasteiger partial charge in [0.05, 0.1) is 0 Å². The summed E-state index contributed by atoms with van der Waals surface area (Å²) in [4.78, 5) is 0. The van der Waals surface area contributed by atoms with Crippen LogP contribution in [0.25, 0.3) is 0 Å². The lowest BCUT2D eigenvalue weighted by Crippen LogP contribution is -2.15. The second-order valence-electron chi connectivity index (χ2n) is 4.91. The minimum atomic E-state index is -0.268. The zero-order valence-electron chi connectivity index (χ0n) is 12.2. The number of halogens is 2. The van der Waals surface area contributed by atoms with Gasteiger partial charge in [-0.2, -0.15) is 0 Å². The van der Waals surface area contributed by atoms with Crippen molar-refractivity contribution in [2.24, 2.45) is 0 Å². The Morgan fingerprint density at radius 1 is 1.19 bits per heavy atom. The highest BCUT2D eigenvalue weighted by Gasteiger charge is 2.11. The summed E-state index contributed by atoms with van der Waals surface area (Å²) in [5, 5.41) is 3.79. The molecule has 0 aliphatic carbocycles. The maximum Gasteiger partial charge on any atom is 0.134 e. The first-order valence-electron chi connectivity index (χ1n) is 7.04. The fourth-order valence-corrected chi connectivity index (χ4v) is 2.16. The Bertz CT molecular complexity index is 616. The molecule has 2 aromatic carbocycles. The van der Waals surface area contributed by atoms with E-state index in [0.717, 1.165) is 18.5 Å². The molecule has 0 unspecified atom stereocenters. The van der Waals surface area contributed by atoms with Gasteiger partial charge in [-0.15, -0.1) is 0 Å². The fraction of sp³-hybridized carbons (Fsp3) is 0.294. The Morgan fingerprint density at radius 2 is 2.00 bits per heavy atom. The van der Waals surface area contributed by atoms with Crippen LogP contribution in [0, 0.1) is 12.7 Å². The average molecular weight is 308 g/mol. The van der Waals surface area contributed by atoms with Crippen molar-refractivity contribution in [3.8, 4) is 11.5 Å². The van der Waals surface area contributed by atoms with E-state index in [9.17, 15) is 4.39 Å². The number of aryl methyl sites for hydroxylation is 1. The molecule has 0 fully saturated rings. The first-order chi connectivity index (χ1) is 10.1. The standard InChI is InChI=1S/C17H19ClFNO/c1-3-9-20-11-14-15(19)5-4-6-16(14)21-17-10-13(18)8-7-12(17)2/h4-8,10,20H,3,9,11H2,1-2H3. The predicted octanol–water partition coefficient (Wildman–Crippen LogP) is 5.08. The Balaban J connectivity index is 2.26. The first-order valence-corrected chi connectivity index (χ1v) is 7.41. The third kappa shape index (κ3) is 4.19. The molecule has 0 saturated carbocycles. The van der Waals surface area contributed by atoms with Crippen LogP contribution >= 0.6 is 11.6 Å². The molecule has 112 valence electrons. The van der Waals surface area contributed by atoms with Crippen LogP contribution in [-0.4, -0.2) is 6.54 Å². The van der Waals surface area contributed by atoms with Crippen LogP contribution in [-0.2, 0) is 6.54 Å². The van der Waals surface area contributed by atoms with Gasteiger partial charge in [0.15, 0.2) is 0 Å². The minimum Gasteiger partial charge on any atom is -0.457 e. The Hall–Kier alpha value is -1.58. The summed E-state index contributed by atoms with van der Waals surface area (Å²) < 4.78 is 19.9. The highest BCUT2D eigenvalue weighted by Crippen LogP contribution is 2.31. The molecule has 2 nitrogen and oxygen atoms in total. The molecule has 4 heteroatoms.